The van der Waals surface area contributed by atoms with Crippen molar-refractivity contribution >= 4 is 21.4 Å². The molecule has 0 radical (unpaired) electrons. The van der Waals surface area contributed by atoms with E-state index in [1.807, 2.05) is 14.1 Å². The van der Waals surface area contributed by atoms with Crippen molar-refractivity contribution < 1.29 is 8.42 Å². The topological polar surface area (TPSA) is 69.9 Å². The van der Waals surface area contributed by atoms with Crippen LogP contribution >= 0.6 is 11.3 Å². The molecule has 0 saturated carbocycles. The number of nitrogens with zero attached hydrogens (tertiary/aromatic N) is 3. The van der Waals surface area contributed by atoms with Crippen LogP contribution in [0, 0.1) is 0 Å². The third kappa shape index (κ3) is 4.24. The summed E-state index contributed by atoms with van der Waals surface area (Å²) in [5, 5.41) is 0. The molecule has 1 saturated heterocycles. The average molecular weight is 332 g/mol. The molecule has 1 aliphatic heterocycles. The monoisotopic (exact) mass is 332 g/mol. The minimum atomic E-state index is -3.35. The molecule has 1 aliphatic rings. The standard InChI is InChI=1S/C13H24N4O2S2/c1-15(2)5-6-16-7-9-17(10-8-16)21(18,19)13-4-3-12(11-14)20-13/h3-4H,5-11,14H2,1-2H3. The Balaban J connectivity index is 1.94. The van der Waals surface area contributed by atoms with Gasteiger partial charge in [-0.1, -0.05) is 0 Å². The molecule has 0 unspecified atom stereocenters. The second-order valence-electron chi connectivity index (χ2n) is 5.47. The van der Waals surface area contributed by atoms with Gasteiger partial charge in [0.15, 0.2) is 0 Å². The number of likely N-dealkylation sites (N-methyl/N-ethyl adjacent to an activating group) is 1. The van der Waals surface area contributed by atoms with Crippen molar-refractivity contribution in [3.63, 3.8) is 0 Å². The number of sulfonamides is 1. The van der Waals surface area contributed by atoms with E-state index < -0.39 is 10.0 Å². The molecular weight excluding hydrogens is 308 g/mol. The molecule has 0 aliphatic carbocycles. The molecule has 0 spiro atoms. The Morgan fingerprint density at radius 2 is 1.90 bits per heavy atom. The molecule has 2 heterocycles. The zero-order valence-electron chi connectivity index (χ0n) is 12.7. The van der Waals surface area contributed by atoms with Crippen LogP contribution in [-0.4, -0.2) is 75.9 Å². The molecule has 0 amide bonds. The number of nitrogens with two attached hydrogens (primary N) is 1. The van der Waals surface area contributed by atoms with Crippen LogP contribution < -0.4 is 5.73 Å². The summed E-state index contributed by atoms with van der Waals surface area (Å²) >= 11 is 1.27. The maximum absolute atomic E-state index is 12.6. The number of rotatable bonds is 6. The first-order chi connectivity index (χ1) is 9.93. The van der Waals surface area contributed by atoms with Gasteiger partial charge in [-0.05, 0) is 26.2 Å². The Morgan fingerprint density at radius 1 is 1.24 bits per heavy atom. The molecule has 0 aromatic carbocycles. The normalized spacial score (nSPS) is 18.5. The van der Waals surface area contributed by atoms with Crippen LogP contribution in [0.15, 0.2) is 16.3 Å². The zero-order valence-corrected chi connectivity index (χ0v) is 14.3. The minimum absolute atomic E-state index is 0.387. The van der Waals surface area contributed by atoms with E-state index in [1.54, 1.807) is 16.4 Å². The lowest BCUT2D eigenvalue weighted by molar-refractivity contribution is 0.175. The number of piperazine rings is 1. The molecule has 2 rings (SSSR count). The van der Waals surface area contributed by atoms with Crippen molar-refractivity contribution in [1.82, 2.24) is 14.1 Å². The van der Waals surface area contributed by atoms with Crippen LogP contribution in [-0.2, 0) is 16.6 Å². The summed E-state index contributed by atoms with van der Waals surface area (Å²) in [5.41, 5.74) is 5.55. The second-order valence-corrected chi connectivity index (χ2v) is 8.81. The lowest BCUT2D eigenvalue weighted by Crippen LogP contribution is -2.49. The molecule has 1 aromatic heterocycles. The number of hydrogen-bond donors (Lipinski definition) is 1. The first-order valence-electron chi connectivity index (χ1n) is 7.09. The number of thiophene rings is 1. The van der Waals surface area contributed by atoms with Gasteiger partial charge in [-0.3, -0.25) is 4.90 Å². The predicted molar refractivity (Wildman–Crippen MR) is 86.0 cm³/mol. The smallest absolute Gasteiger partial charge is 0.252 e. The summed E-state index contributed by atoms with van der Waals surface area (Å²) in [5.74, 6) is 0. The highest BCUT2D eigenvalue weighted by Crippen LogP contribution is 2.25. The van der Waals surface area contributed by atoms with Gasteiger partial charge in [-0.15, -0.1) is 11.3 Å². The molecule has 120 valence electrons. The third-order valence-electron chi connectivity index (χ3n) is 3.63. The summed E-state index contributed by atoms with van der Waals surface area (Å²) in [6.45, 7) is 5.08. The molecule has 1 fully saturated rings. The summed E-state index contributed by atoms with van der Waals surface area (Å²) in [7, 11) is 0.750. The van der Waals surface area contributed by atoms with Crippen molar-refractivity contribution in [3.05, 3.63) is 17.0 Å². The molecular formula is C13H24N4O2S2. The van der Waals surface area contributed by atoms with Crippen molar-refractivity contribution in [2.24, 2.45) is 5.73 Å². The van der Waals surface area contributed by atoms with Gasteiger partial charge >= 0.3 is 0 Å². The molecule has 0 bridgehead atoms. The van der Waals surface area contributed by atoms with E-state index in [0.29, 0.717) is 23.8 Å². The lowest BCUT2D eigenvalue weighted by Gasteiger charge is -2.34. The van der Waals surface area contributed by atoms with E-state index in [4.69, 9.17) is 5.73 Å². The molecule has 21 heavy (non-hydrogen) atoms. The highest BCUT2D eigenvalue weighted by Gasteiger charge is 2.29. The van der Waals surface area contributed by atoms with Gasteiger partial charge in [0, 0.05) is 50.7 Å². The predicted octanol–water partition coefficient (Wildman–Crippen LogP) is 0.0747. The Hall–Kier alpha value is -0.510. The first kappa shape index (κ1) is 16.9. The van der Waals surface area contributed by atoms with Crippen LogP contribution in [0.1, 0.15) is 4.88 Å². The van der Waals surface area contributed by atoms with Gasteiger partial charge in [-0.2, -0.15) is 4.31 Å². The summed E-state index contributed by atoms with van der Waals surface area (Å²) in [4.78, 5) is 5.35. The maximum Gasteiger partial charge on any atom is 0.252 e. The first-order valence-corrected chi connectivity index (χ1v) is 9.35. The fraction of sp³-hybridized carbons (Fsp3) is 0.692. The second kappa shape index (κ2) is 7.17. The van der Waals surface area contributed by atoms with Gasteiger partial charge in [0.05, 0.1) is 0 Å². The van der Waals surface area contributed by atoms with Gasteiger partial charge in [0.25, 0.3) is 10.0 Å². The zero-order chi connectivity index (χ0) is 15.5. The summed E-state index contributed by atoms with van der Waals surface area (Å²) in [6.07, 6.45) is 0. The van der Waals surface area contributed by atoms with Gasteiger partial charge < -0.3 is 10.6 Å². The highest BCUT2D eigenvalue weighted by molar-refractivity contribution is 7.91. The lowest BCUT2D eigenvalue weighted by atomic mass is 10.3. The highest BCUT2D eigenvalue weighted by atomic mass is 32.2. The Morgan fingerprint density at radius 3 is 2.43 bits per heavy atom. The molecule has 1 aromatic rings. The Bertz CT molecular complexity index is 548. The van der Waals surface area contributed by atoms with E-state index >= 15 is 0 Å². The number of hydrogen-bond acceptors (Lipinski definition) is 6. The summed E-state index contributed by atoms with van der Waals surface area (Å²) < 4.78 is 27.1. The van der Waals surface area contributed by atoms with Gasteiger partial charge in [0.2, 0.25) is 0 Å². The maximum atomic E-state index is 12.6. The Kier molecular flexibility index (Phi) is 5.75. The van der Waals surface area contributed by atoms with E-state index in [9.17, 15) is 8.42 Å². The Labute approximate surface area is 131 Å². The van der Waals surface area contributed by atoms with Gasteiger partial charge in [0.1, 0.15) is 4.21 Å². The molecule has 0 atom stereocenters. The minimum Gasteiger partial charge on any atom is -0.326 e. The van der Waals surface area contributed by atoms with Crippen molar-refractivity contribution in [2.45, 2.75) is 10.8 Å². The molecule has 6 nitrogen and oxygen atoms in total. The fourth-order valence-corrected chi connectivity index (χ4v) is 5.08. The summed E-state index contributed by atoms with van der Waals surface area (Å²) in [6, 6.07) is 3.46. The van der Waals surface area contributed by atoms with E-state index in [2.05, 4.69) is 9.80 Å². The molecule has 2 N–H and O–H groups in total. The van der Waals surface area contributed by atoms with E-state index in [-0.39, 0.29) is 0 Å². The van der Waals surface area contributed by atoms with Crippen molar-refractivity contribution in [2.75, 3.05) is 53.4 Å². The van der Waals surface area contributed by atoms with Crippen LogP contribution in [0.25, 0.3) is 0 Å². The quantitative estimate of drug-likeness (QED) is 0.799. The average Bonchev–Trinajstić information content (AvgIpc) is 2.95. The fourth-order valence-electron chi connectivity index (χ4n) is 2.27. The van der Waals surface area contributed by atoms with Gasteiger partial charge in [-0.25, -0.2) is 8.42 Å². The largest absolute Gasteiger partial charge is 0.326 e. The van der Waals surface area contributed by atoms with E-state index in [1.165, 1.54) is 11.3 Å². The van der Waals surface area contributed by atoms with E-state index in [0.717, 1.165) is 31.1 Å². The van der Waals surface area contributed by atoms with Crippen LogP contribution in [0.4, 0.5) is 0 Å². The van der Waals surface area contributed by atoms with Crippen molar-refractivity contribution in [3.8, 4) is 0 Å². The van der Waals surface area contributed by atoms with Crippen LogP contribution in [0.5, 0.6) is 0 Å². The van der Waals surface area contributed by atoms with Crippen LogP contribution in [0.2, 0.25) is 0 Å². The third-order valence-corrected chi connectivity index (χ3v) is 7.10. The van der Waals surface area contributed by atoms with Crippen LogP contribution in [0.3, 0.4) is 0 Å². The van der Waals surface area contributed by atoms with Crippen molar-refractivity contribution in [1.29, 1.82) is 0 Å². The molecule has 8 heteroatoms. The SMILES string of the molecule is CN(C)CCN1CCN(S(=O)(=O)c2ccc(CN)s2)CC1.